The maximum atomic E-state index is 10.8. The molecule has 0 heterocycles. The third-order valence-corrected chi connectivity index (χ3v) is 1.05. The average Bonchev–Trinajstić information content (AvgIpc) is 2.00. The summed E-state index contributed by atoms with van der Waals surface area (Å²) < 4.78 is 4.50. The van der Waals surface area contributed by atoms with Crippen molar-refractivity contribution in [2.24, 2.45) is 0 Å². The second-order valence-electron chi connectivity index (χ2n) is 2.54. The van der Waals surface area contributed by atoms with E-state index in [4.69, 9.17) is 10.2 Å². The van der Waals surface area contributed by atoms with Crippen molar-refractivity contribution < 1.29 is 24.5 Å². The van der Waals surface area contributed by atoms with Gasteiger partial charge in [0.25, 0.3) is 0 Å². The van der Waals surface area contributed by atoms with Crippen LogP contribution in [0.3, 0.4) is 0 Å². The van der Waals surface area contributed by atoms with Crippen LogP contribution < -0.4 is 5.32 Å². The molecule has 0 radical (unpaired) electrons. The van der Waals surface area contributed by atoms with Crippen LogP contribution in [0.25, 0.3) is 0 Å². The maximum Gasteiger partial charge on any atom is 0.329 e. The summed E-state index contributed by atoms with van der Waals surface area (Å²) >= 11 is 0. The van der Waals surface area contributed by atoms with Gasteiger partial charge in [-0.25, -0.2) is 4.79 Å². The smallest absolute Gasteiger partial charge is 0.329 e. The number of carbonyl (C=O) groups is 2. The number of aliphatic hydroxyl groups is 1. The first-order valence-electron chi connectivity index (χ1n) is 3.76. The van der Waals surface area contributed by atoms with E-state index in [-0.39, 0.29) is 13.2 Å². The number of aliphatic hydroxyl groups excluding tert-OH is 1. The second kappa shape index (κ2) is 6.38. The van der Waals surface area contributed by atoms with Crippen molar-refractivity contribution in [1.82, 2.24) is 5.32 Å². The quantitative estimate of drug-likeness (QED) is 0.479. The van der Waals surface area contributed by atoms with Crippen molar-refractivity contribution in [2.45, 2.75) is 13.0 Å². The maximum absolute atomic E-state index is 10.8. The van der Waals surface area contributed by atoms with E-state index in [1.54, 1.807) is 0 Å². The largest absolute Gasteiger partial charge is 0.480 e. The first-order chi connectivity index (χ1) is 6.02. The fourth-order valence-electron chi connectivity index (χ4n) is 0.544. The number of ether oxygens (including phenoxy) is 1. The van der Waals surface area contributed by atoms with Crippen molar-refractivity contribution in [3.8, 4) is 0 Å². The lowest BCUT2D eigenvalue weighted by molar-refractivity contribution is -0.143. The highest BCUT2D eigenvalue weighted by atomic mass is 16.5. The molecule has 0 bridgehead atoms. The fraction of sp³-hybridized carbons (Fsp3) is 0.714. The van der Waals surface area contributed by atoms with Gasteiger partial charge in [-0.15, -0.1) is 0 Å². The van der Waals surface area contributed by atoms with Crippen molar-refractivity contribution in [1.29, 1.82) is 0 Å². The van der Waals surface area contributed by atoms with Gasteiger partial charge in [-0.1, -0.05) is 0 Å². The predicted octanol–water partition coefficient (Wildman–Crippen LogP) is -1.42. The minimum atomic E-state index is -1.12. The minimum Gasteiger partial charge on any atom is -0.480 e. The Kier molecular flexibility index (Phi) is 5.82. The number of hydrogen-bond donors (Lipinski definition) is 3. The molecule has 0 aliphatic rings. The molecule has 76 valence electrons. The topological polar surface area (TPSA) is 95.9 Å². The molecular formula is C7H13NO5. The third-order valence-electron chi connectivity index (χ3n) is 1.05. The summed E-state index contributed by atoms with van der Waals surface area (Å²) in [6.07, 6.45) is -0.622. The molecule has 0 aromatic carbocycles. The Morgan fingerprint density at radius 3 is 2.54 bits per heavy atom. The van der Waals surface area contributed by atoms with Crippen LogP contribution in [0.15, 0.2) is 0 Å². The number of carboxylic acid groups (broad SMARTS) is 1. The predicted molar refractivity (Wildman–Crippen MR) is 43.1 cm³/mol. The van der Waals surface area contributed by atoms with Gasteiger partial charge in [0, 0.05) is 6.54 Å². The molecule has 1 amide bonds. The SMILES string of the molecule is C[C@H](O)CNC(=O)COCC(=O)O. The highest BCUT2D eigenvalue weighted by Crippen LogP contribution is 1.78. The molecule has 0 spiro atoms. The number of nitrogens with one attached hydrogen (secondary N) is 1. The zero-order valence-corrected chi connectivity index (χ0v) is 7.32. The van der Waals surface area contributed by atoms with Crippen LogP contribution in [0.4, 0.5) is 0 Å². The van der Waals surface area contributed by atoms with Gasteiger partial charge in [0.1, 0.15) is 13.2 Å². The summed E-state index contributed by atoms with van der Waals surface area (Å²) in [5.74, 6) is -1.56. The standard InChI is InChI=1S/C7H13NO5/c1-5(9)2-8-6(10)3-13-4-7(11)12/h5,9H,2-4H2,1H3,(H,8,10)(H,11,12)/t5-/m0/s1. The van der Waals surface area contributed by atoms with Crippen LogP contribution >= 0.6 is 0 Å². The van der Waals surface area contributed by atoms with Crippen LogP contribution in [-0.4, -0.2) is 48.0 Å². The summed E-state index contributed by atoms with van der Waals surface area (Å²) in [5, 5.41) is 19.3. The summed E-state index contributed by atoms with van der Waals surface area (Å²) in [6, 6.07) is 0. The molecule has 0 aromatic heterocycles. The van der Waals surface area contributed by atoms with E-state index in [1.807, 2.05) is 0 Å². The lowest BCUT2D eigenvalue weighted by atomic mass is 10.4. The van der Waals surface area contributed by atoms with Gasteiger partial charge in [0.15, 0.2) is 0 Å². The summed E-state index contributed by atoms with van der Waals surface area (Å²) in [6.45, 7) is 0.856. The number of rotatable bonds is 6. The van der Waals surface area contributed by atoms with E-state index in [9.17, 15) is 9.59 Å². The number of aliphatic carboxylic acids is 1. The Hall–Kier alpha value is -1.14. The Morgan fingerprint density at radius 2 is 2.08 bits per heavy atom. The van der Waals surface area contributed by atoms with Gasteiger partial charge in [0.05, 0.1) is 6.10 Å². The second-order valence-corrected chi connectivity index (χ2v) is 2.54. The monoisotopic (exact) mass is 191 g/mol. The molecule has 6 heteroatoms. The summed E-state index contributed by atoms with van der Waals surface area (Å²) in [7, 11) is 0. The molecule has 13 heavy (non-hydrogen) atoms. The van der Waals surface area contributed by atoms with Crippen molar-refractivity contribution in [2.75, 3.05) is 19.8 Å². The minimum absolute atomic E-state index is 0.134. The van der Waals surface area contributed by atoms with Gasteiger partial charge in [-0.05, 0) is 6.92 Å². The van der Waals surface area contributed by atoms with E-state index >= 15 is 0 Å². The highest BCUT2D eigenvalue weighted by molar-refractivity contribution is 5.77. The highest BCUT2D eigenvalue weighted by Gasteiger charge is 2.04. The first kappa shape index (κ1) is 11.9. The van der Waals surface area contributed by atoms with E-state index in [0.29, 0.717) is 0 Å². The molecule has 1 atom stereocenters. The normalized spacial score (nSPS) is 12.2. The Balaban J connectivity index is 3.35. The molecule has 0 aliphatic heterocycles. The lowest BCUT2D eigenvalue weighted by Gasteiger charge is -2.06. The molecule has 0 fully saturated rings. The fourth-order valence-corrected chi connectivity index (χ4v) is 0.544. The van der Waals surface area contributed by atoms with E-state index < -0.39 is 24.6 Å². The van der Waals surface area contributed by atoms with Crippen LogP contribution in [0.2, 0.25) is 0 Å². The van der Waals surface area contributed by atoms with Gasteiger partial charge < -0.3 is 20.3 Å². The molecule has 0 unspecified atom stereocenters. The molecule has 6 nitrogen and oxygen atoms in total. The number of carboxylic acids is 1. The molecule has 0 aliphatic carbocycles. The Morgan fingerprint density at radius 1 is 1.46 bits per heavy atom. The van der Waals surface area contributed by atoms with Gasteiger partial charge in [-0.2, -0.15) is 0 Å². The van der Waals surface area contributed by atoms with Gasteiger partial charge in [-0.3, -0.25) is 4.79 Å². The first-order valence-corrected chi connectivity index (χ1v) is 3.76. The van der Waals surface area contributed by atoms with Crippen LogP contribution in [0.5, 0.6) is 0 Å². The van der Waals surface area contributed by atoms with Crippen LogP contribution in [0.1, 0.15) is 6.92 Å². The van der Waals surface area contributed by atoms with E-state index in [1.165, 1.54) is 6.92 Å². The molecule has 0 rings (SSSR count). The van der Waals surface area contributed by atoms with E-state index in [0.717, 1.165) is 0 Å². The molecular weight excluding hydrogens is 178 g/mol. The number of carbonyl (C=O) groups excluding carboxylic acids is 1. The molecule has 0 saturated carbocycles. The van der Waals surface area contributed by atoms with Crippen LogP contribution in [0, 0.1) is 0 Å². The third kappa shape index (κ3) is 8.77. The van der Waals surface area contributed by atoms with E-state index in [2.05, 4.69) is 10.1 Å². The lowest BCUT2D eigenvalue weighted by Crippen LogP contribution is -2.33. The van der Waals surface area contributed by atoms with Crippen LogP contribution in [-0.2, 0) is 14.3 Å². The molecule has 0 aromatic rings. The van der Waals surface area contributed by atoms with Gasteiger partial charge in [0.2, 0.25) is 5.91 Å². The zero-order chi connectivity index (χ0) is 10.3. The Bertz CT molecular complexity index is 180. The number of amides is 1. The zero-order valence-electron chi connectivity index (χ0n) is 7.32. The van der Waals surface area contributed by atoms with Crippen molar-refractivity contribution in [3.05, 3.63) is 0 Å². The van der Waals surface area contributed by atoms with Gasteiger partial charge >= 0.3 is 5.97 Å². The molecule has 3 N–H and O–H groups in total. The number of hydrogen-bond acceptors (Lipinski definition) is 4. The van der Waals surface area contributed by atoms with Crippen molar-refractivity contribution >= 4 is 11.9 Å². The Labute approximate surface area is 75.5 Å². The summed E-state index contributed by atoms with van der Waals surface area (Å²) in [4.78, 5) is 20.7. The molecule has 0 saturated heterocycles. The van der Waals surface area contributed by atoms with Crippen molar-refractivity contribution in [3.63, 3.8) is 0 Å². The average molecular weight is 191 g/mol. The summed E-state index contributed by atoms with van der Waals surface area (Å²) in [5.41, 5.74) is 0.